The van der Waals surface area contributed by atoms with Crippen LogP contribution in [-0.2, 0) is 33.2 Å². The molecule has 1 N–H and O–H groups in total. The average Bonchev–Trinajstić information content (AvgIpc) is 3.09. The van der Waals surface area contributed by atoms with Crippen molar-refractivity contribution in [2.24, 2.45) is 10.2 Å². The number of hydrogen-bond donors (Lipinski definition) is 1. The van der Waals surface area contributed by atoms with Gasteiger partial charge in [-0.15, -0.1) is 5.11 Å². The number of nitrogens with zero attached hydrogens (tertiary/aromatic N) is 2. The molecule has 2 aromatic carbocycles. The molecule has 254 valence electrons. The van der Waals surface area contributed by atoms with Crippen molar-refractivity contribution in [2.45, 2.75) is 0 Å². The van der Waals surface area contributed by atoms with Gasteiger partial charge in [0.2, 0.25) is 0 Å². The minimum Gasteiger partial charge on any atom is -0.487 e. The summed E-state index contributed by atoms with van der Waals surface area (Å²) in [5, 5.41) is 11.4. The van der Waals surface area contributed by atoms with E-state index in [-0.39, 0.29) is 31.5 Å². The predicted octanol–water partition coefficient (Wildman–Crippen LogP) is 2.87. The molecule has 2 aliphatic heterocycles. The fraction of sp³-hybridized carbons (Fsp3) is 0.581. The van der Waals surface area contributed by atoms with E-state index < -0.39 is 0 Å². The smallest absolute Gasteiger partial charge is 0.257 e. The number of benzene rings is 2. The van der Waals surface area contributed by atoms with E-state index in [1.807, 2.05) is 0 Å². The number of likely N-dealkylation sites (N-methyl/N-ethyl adjacent to an activating group) is 1. The number of azo groups is 1. The van der Waals surface area contributed by atoms with Crippen LogP contribution < -0.4 is 29.0 Å². The van der Waals surface area contributed by atoms with E-state index in [1.54, 1.807) is 30.3 Å². The van der Waals surface area contributed by atoms with Gasteiger partial charge in [0.05, 0.1) is 85.0 Å². The monoisotopic (exact) mass is 649 g/mol. The molecule has 15 nitrogen and oxygen atoms in total. The van der Waals surface area contributed by atoms with Gasteiger partial charge in [-0.2, -0.15) is 5.11 Å². The summed E-state index contributed by atoms with van der Waals surface area (Å²) in [4.78, 5) is 12.0. The molecule has 1 amide bonds. The van der Waals surface area contributed by atoms with Crippen molar-refractivity contribution in [3.63, 3.8) is 0 Å². The van der Waals surface area contributed by atoms with Crippen LogP contribution in [0, 0.1) is 0 Å². The first-order valence-electron chi connectivity index (χ1n) is 15.3. The Balaban J connectivity index is 1.55. The highest BCUT2D eigenvalue weighted by molar-refractivity contribution is 5.77. The largest absolute Gasteiger partial charge is 0.487 e. The summed E-state index contributed by atoms with van der Waals surface area (Å²) in [7, 11) is 1.53. The number of hydrogen-bond acceptors (Lipinski definition) is 14. The summed E-state index contributed by atoms with van der Waals surface area (Å²) >= 11 is 0. The van der Waals surface area contributed by atoms with Crippen LogP contribution in [-0.4, -0.2) is 125 Å². The van der Waals surface area contributed by atoms with Gasteiger partial charge in [0, 0.05) is 25.2 Å². The second-order valence-electron chi connectivity index (χ2n) is 9.63. The third-order valence-corrected chi connectivity index (χ3v) is 6.29. The predicted molar refractivity (Wildman–Crippen MR) is 164 cm³/mol. The highest BCUT2D eigenvalue weighted by atomic mass is 16.6. The number of rotatable bonds is 5. The summed E-state index contributed by atoms with van der Waals surface area (Å²) in [6.07, 6.45) is 0. The number of carbonyl (C=O) groups excluding carboxylic acids is 1. The molecule has 0 atom stereocenters. The Morgan fingerprint density at radius 3 is 1.52 bits per heavy atom. The number of nitrogens with one attached hydrogen (secondary N) is 1. The van der Waals surface area contributed by atoms with Crippen LogP contribution in [0.3, 0.4) is 0 Å². The molecule has 0 spiro atoms. The Labute approximate surface area is 268 Å². The van der Waals surface area contributed by atoms with Crippen LogP contribution >= 0.6 is 0 Å². The highest BCUT2D eigenvalue weighted by Gasteiger charge is 2.16. The second kappa shape index (κ2) is 21.1. The Kier molecular flexibility index (Phi) is 16.1. The van der Waals surface area contributed by atoms with Gasteiger partial charge in [0.15, 0.2) is 35.4 Å². The summed E-state index contributed by atoms with van der Waals surface area (Å²) < 4.78 is 62.8. The zero-order valence-corrected chi connectivity index (χ0v) is 26.2. The summed E-state index contributed by atoms with van der Waals surface area (Å²) in [6.45, 7) is 6.05. The van der Waals surface area contributed by atoms with E-state index in [0.29, 0.717) is 127 Å². The van der Waals surface area contributed by atoms with Gasteiger partial charge in [-0.25, -0.2) is 0 Å². The van der Waals surface area contributed by atoms with Gasteiger partial charge in [0.25, 0.3) is 5.91 Å². The maximum Gasteiger partial charge on any atom is 0.257 e. The van der Waals surface area contributed by atoms with Crippen LogP contribution in [0.4, 0.5) is 11.4 Å². The average molecular weight is 650 g/mol. The molecule has 0 bridgehead atoms. The molecule has 0 saturated heterocycles. The molecular formula is C31H43N3O12. The van der Waals surface area contributed by atoms with Crippen molar-refractivity contribution >= 4 is 17.3 Å². The third-order valence-electron chi connectivity index (χ3n) is 6.29. The van der Waals surface area contributed by atoms with E-state index in [2.05, 4.69) is 15.5 Å². The fourth-order valence-corrected chi connectivity index (χ4v) is 3.99. The zero-order chi connectivity index (χ0) is 32.1. The Morgan fingerprint density at radius 2 is 1.02 bits per heavy atom. The first-order chi connectivity index (χ1) is 22.7. The normalized spacial score (nSPS) is 18.3. The maximum atomic E-state index is 12.0. The fourth-order valence-electron chi connectivity index (χ4n) is 3.99. The van der Waals surface area contributed by atoms with Gasteiger partial charge in [0.1, 0.15) is 32.1 Å². The summed E-state index contributed by atoms with van der Waals surface area (Å²) in [5.74, 6) is 1.77. The van der Waals surface area contributed by atoms with E-state index >= 15 is 0 Å². The van der Waals surface area contributed by atoms with Crippen molar-refractivity contribution in [2.75, 3.05) is 119 Å². The molecule has 0 fully saturated rings. The van der Waals surface area contributed by atoms with Crippen LogP contribution in [0.5, 0.6) is 28.7 Å². The van der Waals surface area contributed by atoms with Gasteiger partial charge in [-0.3, -0.25) is 4.79 Å². The van der Waals surface area contributed by atoms with Crippen molar-refractivity contribution in [3.05, 3.63) is 30.3 Å². The lowest BCUT2D eigenvalue weighted by Crippen LogP contribution is -2.24. The van der Waals surface area contributed by atoms with Gasteiger partial charge in [-0.1, -0.05) is 0 Å². The van der Waals surface area contributed by atoms with Gasteiger partial charge >= 0.3 is 0 Å². The van der Waals surface area contributed by atoms with E-state index in [4.69, 9.17) is 52.1 Å². The van der Waals surface area contributed by atoms with Crippen molar-refractivity contribution < 1.29 is 56.9 Å². The van der Waals surface area contributed by atoms with Crippen LogP contribution in [0.2, 0.25) is 0 Å². The zero-order valence-electron chi connectivity index (χ0n) is 26.2. The molecule has 0 unspecified atom stereocenters. The molecule has 0 radical (unpaired) electrons. The lowest BCUT2D eigenvalue weighted by atomic mass is 10.2. The van der Waals surface area contributed by atoms with Crippen LogP contribution in [0.15, 0.2) is 40.6 Å². The molecule has 0 aliphatic carbocycles. The lowest BCUT2D eigenvalue weighted by Gasteiger charge is -2.16. The highest BCUT2D eigenvalue weighted by Crippen LogP contribution is 2.41. The number of fused-ring (bicyclic) bond motifs is 2. The first-order valence-corrected chi connectivity index (χ1v) is 15.3. The Morgan fingerprint density at radius 1 is 0.587 bits per heavy atom. The van der Waals surface area contributed by atoms with Crippen LogP contribution in [0.1, 0.15) is 0 Å². The Bertz CT molecular complexity index is 1220. The molecule has 4 rings (SSSR count). The van der Waals surface area contributed by atoms with Crippen molar-refractivity contribution in [1.82, 2.24) is 5.32 Å². The molecule has 0 saturated carbocycles. The number of amides is 1. The van der Waals surface area contributed by atoms with E-state index in [9.17, 15) is 4.79 Å². The lowest BCUT2D eigenvalue weighted by molar-refractivity contribution is -0.122. The molecule has 2 aliphatic rings. The SMILES string of the molecule is CNC(=O)COc1cc2c(cc1N=Nc1ccc3c(c1)OCCOCCOCCOCCO3)OCCOCCOCCOCCO2. The van der Waals surface area contributed by atoms with Gasteiger partial charge in [-0.05, 0) is 12.1 Å². The molecule has 46 heavy (non-hydrogen) atoms. The molecule has 2 heterocycles. The van der Waals surface area contributed by atoms with Crippen molar-refractivity contribution in [3.8, 4) is 28.7 Å². The van der Waals surface area contributed by atoms with Crippen molar-refractivity contribution in [1.29, 1.82) is 0 Å². The third kappa shape index (κ3) is 12.9. The molecule has 0 aromatic heterocycles. The van der Waals surface area contributed by atoms with E-state index in [1.165, 1.54) is 7.05 Å². The number of ether oxygens (including phenoxy) is 11. The number of carbonyl (C=O) groups is 1. The molecule has 2 aromatic rings. The quantitative estimate of drug-likeness (QED) is 0.474. The first kappa shape index (κ1) is 35.1. The van der Waals surface area contributed by atoms with E-state index in [0.717, 1.165) is 0 Å². The minimum atomic E-state index is -0.315. The second-order valence-corrected chi connectivity index (χ2v) is 9.63. The minimum absolute atomic E-state index is 0.239. The van der Waals surface area contributed by atoms with Crippen LogP contribution in [0.25, 0.3) is 0 Å². The molecule has 15 heteroatoms. The topological polar surface area (TPSA) is 155 Å². The standard InChI is InChI=1S/C31H43N3O12/c1-32-31(35)23-46-27-22-30-29(44-18-14-40-10-6-37-7-11-41-15-19-45-30)21-25(27)34-33-24-2-3-26-28(20-24)43-17-13-39-9-5-36-4-8-38-12-16-42-26/h2-3,20-22H,4-19,23H2,1H3,(H,32,35). The summed E-state index contributed by atoms with van der Waals surface area (Å²) in [6, 6.07) is 8.48. The molecular weight excluding hydrogens is 606 g/mol. The Hall–Kier alpha value is -3.73. The van der Waals surface area contributed by atoms with Gasteiger partial charge < -0.3 is 57.4 Å². The summed E-state index contributed by atoms with van der Waals surface area (Å²) in [5.41, 5.74) is 0.806. The maximum absolute atomic E-state index is 12.0.